The molecule has 1 atom stereocenters. The third-order valence-corrected chi connectivity index (χ3v) is 1.88. The first kappa shape index (κ1) is 11.2. The molecule has 1 unspecified atom stereocenters. The Morgan fingerprint density at radius 1 is 1.73 bits per heavy atom. The zero-order valence-corrected chi connectivity index (χ0v) is 7.99. The quantitative estimate of drug-likeness (QED) is 0.704. The smallest absolute Gasteiger partial charge is 0.0662 e. The summed E-state index contributed by atoms with van der Waals surface area (Å²) in [6.45, 7) is 2.99. The number of rotatable bonds is 5. The van der Waals surface area contributed by atoms with Crippen LogP contribution in [-0.4, -0.2) is 24.3 Å². The lowest BCUT2D eigenvalue weighted by molar-refractivity contribution is 0.169. The van der Waals surface area contributed by atoms with Crippen molar-refractivity contribution in [2.24, 2.45) is 0 Å². The second-order valence-corrected chi connectivity index (χ2v) is 2.95. The number of aliphatic hydroxyl groups excluding tert-OH is 1. The minimum absolute atomic E-state index is 0.296. The van der Waals surface area contributed by atoms with Gasteiger partial charge >= 0.3 is 0 Å². The van der Waals surface area contributed by atoms with Gasteiger partial charge in [0.05, 0.1) is 6.10 Å². The fraction of sp³-hybridized carbons (Fsp3) is 0.714. The largest absolute Gasteiger partial charge is 0.392 e. The zero-order valence-electron chi connectivity index (χ0n) is 6.48. The van der Waals surface area contributed by atoms with Crippen molar-refractivity contribution in [3.05, 3.63) is 10.6 Å². The topological polar surface area (TPSA) is 32.3 Å². The highest BCUT2D eigenvalue weighted by atomic mass is 35.5. The molecule has 0 heterocycles. The monoisotopic (exact) mass is 197 g/mol. The van der Waals surface area contributed by atoms with Crippen LogP contribution in [0.15, 0.2) is 10.6 Å². The van der Waals surface area contributed by atoms with E-state index in [1.807, 2.05) is 6.92 Å². The summed E-state index contributed by atoms with van der Waals surface area (Å²) in [6.07, 6.45) is 0.449. The molecule has 0 bridgehead atoms. The normalized spacial score (nSPS) is 15.1. The lowest BCUT2D eigenvalue weighted by atomic mass is 10.3. The van der Waals surface area contributed by atoms with Crippen molar-refractivity contribution in [3.8, 4) is 0 Å². The second kappa shape index (κ2) is 6.92. The summed E-state index contributed by atoms with van der Waals surface area (Å²) in [6, 6.07) is 0. The molecule has 0 aliphatic carbocycles. The van der Waals surface area contributed by atoms with Crippen molar-refractivity contribution >= 4 is 23.2 Å². The van der Waals surface area contributed by atoms with Crippen molar-refractivity contribution in [2.75, 3.05) is 13.1 Å². The van der Waals surface area contributed by atoms with Crippen LogP contribution in [0.5, 0.6) is 0 Å². The standard InChI is InChI=1S/C7H13Cl2NO/c1-2-7(11)5-10-4-6(9)3-8/h3,7,10-11H,2,4-5H2,1H3. The average molecular weight is 198 g/mol. The summed E-state index contributed by atoms with van der Waals surface area (Å²) < 4.78 is 0. The number of hydrogen-bond acceptors (Lipinski definition) is 2. The van der Waals surface area contributed by atoms with E-state index in [9.17, 15) is 0 Å². The van der Waals surface area contributed by atoms with Crippen molar-refractivity contribution in [1.82, 2.24) is 5.32 Å². The second-order valence-electron chi connectivity index (χ2n) is 2.25. The molecule has 0 aliphatic rings. The molecule has 0 aromatic carbocycles. The molecule has 0 saturated heterocycles. The maximum absolute atomic E-state index is 9.09. The summed E-state index contributed by atoms with van der Waals surface area (Å²) in [5.74, 6) is 0. The Bertz CT molecular complexity index is 128. The molecule has 4 heteroatoms. The molecule has 0 radical (unpaired) electrons. The molecule has 0 aromatic rings. The molecule has 0 fully saturated rings. The van der Waals surface area contributed by atoms with E-state index in [-0.39, 0.29) is 6.10 Å². The molecular weight excluding hydrogens is 185 g/mol. The molecule has 0 aromatic heterocycles. The predicted molar refractivity (Wildman–Crippen MR) is 49.0 cm³/mol. The molecular formula is C7H13Cl2NO. The van der Waals surface area contributed by atoms with E-state index in [1.165, 1.54) is 5.54 Å². The Morgan fingerprint density at radius 2 is 2.36 bits per heavy atom. The van der Waals surface area contributed by atoms with Gasteiger partial charge in [-0.15, -0.1) is 0 Å². The molecule has 66 valence electrons. The lowest BCUT2D eigenvalue weighted by Gasteiger charge is -2.07. The first-order chi connectivity index (χ1) is 5.20. The van der Waals surface area contributed by atoms with Gasteiger partial charge < -0.3 is 10.4 Å². The number of aliphatic hydroxyl groups is 1. The number of nitrogens with one attached hydrogen (secondary N) is 1. The maximum Gasteiger partial charge on any atom is 0.0662 e. The summed E-state index contributed by atoms with van der Waals surface area (Å²) in [5, 5.41) is 12.6. The fourth-order valence-electron chi connectivity index (χ4n) is 0.541. The molecule has 11 heavy (non-hydrogen) atoms. The molecule has 2 N–H and O–H groups in total. The van der Waals surface area contributed by atoms with E-state index < -0.39 is 0 Å². The summed E-state index contributed by atoms with van der Waals surface area (Å²) >= 11 is 10.9. The van der Waals surface area contributed by atoms with E-state index in [2.05, 4.69) is 5.32 Å². The van der Waals surface area contributed by atoms with Gasteiger partial charge in [0.15, 0.2) is 0 Å². The van der Waals surface area contributed by atoms with Gasteiger partial charge in [-0.2, -0.15) is 0 Å². The Kier molecular flexibility index (Phi) is 7.07. The number of hydrogen-bond donors (Lipinski definition) is 2. The van der Waals surface area contributed by atoms with Gasteiger partial charge in [-0.1, -0.05) is 30.1 Å². The van der Waals surface area contributed by atoms with Gasteiger partial charge in [-0.25, -0.2) is 0 Å². The Hall–Kier alpha value is 0.240. The van der Waals surface area contributed by atoms with Crippen molar-refractivity contribution in [1.29, 1.82) is 0 Å². The van der Waals surface area contributed by atoms with E-state index >= 15 is 0 Å². The molecule has 0 saturated carbocycles. The highest BCUT2D eigenvalue weighted by molar-refractivity contribution is 6.36. The summed E-state index contributed by atoms with van der Waals surface area (Å²) in [7, 11) is 0. The van der Waals surface area contributed by atoms with E-state index in [1.54, 1.807) is 0 Å². The Balaban J connectivity index is 3.27. The molecule has 0 amide bonds. The van der Waals surface area contributed by atoms with Crippen LogP contribution in [0, 0.1) is 0 Å². The zero-order chi connectivity index (χ0) is 8.69. The van der Waals surface area contributed by atoms with Crippen LogP contribution in [0.4, 0.5) is 0 Å². The van der Waals surface area contributed by atoms with Gasteiger partial charge in [-0.05, 0) is 6.42 Å². The van der Waals surface area contributed by atoms with Crippen LogP contribution >= 0.6 is 23.2 Å². The fourth-order valence-corrected chi connectivity index (χ4v) is 0.713. The average Bonchev–Trinajstić information content (AvgIpc) is 2.04. The Morgan fingerprint density at radius 3 is 2.82 bits per heavy atom. The molecule has 0 rings (SSSR count). The van der Waals surface area contributed by atoms with Gasteiger partial charge in [0.2, 0.25) is 0 Å². The number of halogens is 2. The van der Waals surface area contributed by atoms with Gasteiger partial charge in [0.25, 0.3) is 0 Å². The third kappa shape index (κ3) is 6.63. The van der Waals surface area contributed by atoms with E-state index in [0.29, 0.717) is 18.1 Å². The third-order valence-electron chi connectivity index (χ3n) is 1.26. The van der Waals surface area contributed by atoms with Crippen LogP contribution in [0.3, 0.4) is 0 Å². The van der Waals surface area contributed by atoms with Crippen molar-refractivity contribution in [2.45, 2.75) is 19.4 Å². The SMILES string of the molecule is CCC(O)CNCC(Cl)=CCl. The molecule has 0 spiro atoms. The van der Waals surface area contributed by atoms with Crippen molar-refractivity contribution < 1.29 is 5.11 Å². The highest BCUT2D eigenvalue weighted by Crippen LogP contribution is 2.00. The highest BCUT2D eigenvalue weighted by Gasteiger charge is 1.98. The minimum Gasteiger partial charge on any atom is -0.392 e. The van der Waals surface area contributed by atoms with Crippen LogP contribution in [-0.2, 0) is 0 Å². The van der Waals surface area contributed by atoms with Gasteiger partial charge in [0, 0.05) is 23.7 Å². The maximum atomic E-state index is 9.09. The van der Waals surface area contributed by atoms with Crippen LogP contribution in [0.2, 0.25) is 0 Å². The predicted octanol–water partition coefficient (Wildman–Crippen LogP) is 1.67. The van der Waals surface area contributed by atoms with Crippen LogP contribution in [0.1, 0.15) is 13.3 Å². The lowest BCUT2D eigenvalue weighted by Crippen LogP contribution is -2.26. The van der Waals surface area contributed by atoms with Crippen molar-refractivity contribution in [3.63, 3.8) is 0 Å². The van der Waals surface area contributed by atoms with Crippen LogP contribution in [0.25, 0.3) is 0 Å². The van der Waals surface area contributed by atoms with Gasteiger partial charge in [0.1, 0.15) is 0 Å². The van der Waals surface area contributed by atoms with E-state index in [4.69, 9.17) is 28.3 Å². The first-order valence-electron chi connectivity index (χ1n) is 3.54. The first-order valence-corrected chi connectivity index (χ1v) is 4.35. The summed E-state index contributed by atoms with van der Waals surface area (Å²) in [5.41, 5.74) is 1.31. The minimum atomic E-state index is -0.296. The molecule has 2 nitrogen and oxygen atoms in total. The summed E-state index contributed by atoms with van der Waals surface area (Å²) in [4.78, 5) is 0. The van der Waals surface area contributed by atoms with Crippen LogP contribution < -0.4 is 5.32 Å². The van der Waals surface area contributed by atoms with Gasteiger partial charge in [-0.3, -0.25) is 0 Å². The van der Waals surface area contributed by atoms with E-state index in [0.717, 1.165) is 6.42 Å². The molecule has 0 aliphatic heterocycles. The Labute approximate surface area is 77.2 Å².